The molecule has 120 valence electrons. The van der Waals surface area contributed by atoms with Gasteiger partial charge >= 0.3 is 0 Å². The lowest BCUT2D eigenvalue weighted by Gasteiger charge is -2.38. The van der Waals surface area contributed by atoms with Gasteiger partial charge in [0.1, 0.15) is 0 Å². The van der Waals surface area contributed by atoms with Crippen LogP contribution in [0.2, 0.25) is 0 Å². The first-order valence-electron chi connectivity index (χ1n) is 7.49. The van der Waals surface area contributed by atoms with Crippen LogP contribution < -0.4 is 5.32 Å². The number of carbonyl (C=O) groups excluding carboxylic acids is 1. The largest absolute Gasteiger partial charge is 0.355 e. The van der Waals surface area contributed by atoms with E-state index in [-0.39, 0.29) is 11.9 Å². The highest BCUT2D eigenvalue weighted by Gasteiger charge is 2.33. The van der Waals surface area contributed by atoms with E-state index in [4.69, 9.17) is 4.52 Å². The maximum atomic E-state index is 12.4. The minimum Gasteiger partial charge on any atom is -0.355 e. The van der Waals surface area contributed by atoms with Gasteiger partial charge in [-0.1, -0.05) is 5.16 Å². The molecule has 0 radical (unpaired) electrons. The minimum atomic E-state index is -0.152. The highest BCUT2D eigenvalue weighted by atomic mass is 16.5. The molecule has 0 bridgehead atoms. The van der Waals surface area contributed by atoms with Crippen molar-refractivity contribution in [2.75, 3.05) is 18.4 Å². The van der Waals surface area contributed by atoms with Gasteiger partial charge in [-0.2, -0.15) is 0 Å². The highest BCUT2D eigenvalue weighted by Crippen LogP contribution is 2.21. The zero-order valence-corrected chi connectivity index (χ0v) is 12.7. The molecule has 0 spiro atoms. The van der Waals surface area contributed by atoms with E-state index in [2.05, 4.69) is 25.4 Å². The fourth-order valence-corrected chi connectivity index (χ4v) is 2.47. The summed E-state index contributed by atoms with van der Waals surface area (Å²) in [7, 11) is 0. The van der Waals surface area contributed by atoms with E-state index in [1.54, 1.807) is 47.9 Å². The summed E-state index contributed by atoms with van der Waals surface area (Å²) in [5.41, 5.74) is 1.08. The summed E-state index contributed by atoms with van der Waals surface area (Å²) in [6.07, 6.45) is 6.69. The topological polar surface area (TPSA) is 97.0 Å². The fraction of sp³-hybridized carbons (Fsp3) is 0.188. The molecule has 0 aliphatic carbocycles. The number of likely N-dealkylation sites (tertiary alicyclic amines) is 1. The second kappa shape index (κ2) is 6.07. The van der Waals surface area contributed by atoms with Crippen molar-refractivity contribution in [1.29, 1.82) is 0 Å². The Labute approximate surface area is 137 Å². The van der Waals surface area contributed by atoms with Crippen LogP contribution in [0.25, 0.3) is 11.3 Å². The molecule has 3 aromatic rings. The molecular formula is C16H14N6O2. The first-order valence-corrected chi connectivity index (χ1v) is 7.49. The standard InChI is InChI=1S/C16H14N6O2/c23-15(13-7-14(24-21-13)11-3-1-4-17-8-11)22-9-12(10-22)20-16-18-5-2-6-19-16/h1-8,12H,9-10H2,(H,18,19,20). The second-order valence-corrected chi connectivity index (χ2v) is 5.44. The van der Waals surface area contributed by atoms with Crippen LogP contribution >= 0.6 is 0 Å². The average molecular weight is 322 g/mol. The third kappa shape index (κ3) is 2.81. The first kappa shape index (κ1) is 14.3. The molecule has 8 nitrogen and oxygen atoms in total. The van der Waals surface area contributed by atoms with Gasteiger partial charge in [0.25, 0.3) is 5.91 Å². The van der Waals surface area contributed by atoms with Crippen LogP contribution in [0.5, 0.6) is 0 Å². The van der Waals surface area contributed by atoms with E-state index in [0.717, 1.165) is 5.56 Å². The Morgan fingerprint density at radius 2 is 2.04 bits per heavy atom. The molecule has 1 saturated heterocycles. The zero-order valence-electron chi connectivity index (χ0n) is 12.7. The number of rotatable bonds is 4. The molecular weight excluding hydrogens is 308 g/mol. The van der Waals surface area contributed by atoms with E-state index < -0.39 is 0 Å². The Bertz CT molecular complexity index is 830. The van der Waals surface area contributed by atoms with Crippen molar-refractivity contribution in [3.05, 3.63) is 54.7 Å². The van der Waals surface area contributed by atoms with Gasteiger partial charge in [0, 0.05) is 49.5 Å². The molecule has 0 atom stereocenters. The molecule has 0 saturated carbocycles. The summed E-state index contributed by atoms with van der Waals surface area (Å²) in [6, 6.07) is 7.19. The normalized spacial score (nSPS) is 14.2. The smallest absolute Gasteiger partial charge is 0.276 e. The lowest BCUT2D eigenvalue weighted by Crippen LogP contribution is -2.57. The van der Waals surface area contributed by atoms with Gasteiger partial charge < -0.3 is 14.7 Å². The SMILES string of the molecule is O=C(c1cc(-c2cccnc2)on1)N1CC(Nc2ncccn2)C1. The summed E-state index contributed by atoms with van der Waals surface area (Å²) in [5.74, 6) is 0.940. The van der Waals surface area contributed by atoms with Crippen molar-refractivity contribution in [3.63, 3.8) is 0 Å². The number of anilines is 1. The summed E-state index contributed by atoms with van der Waals surface area (Å²) < 4.78 is 5.24. The van der Waals surface area contributed by atoms with E-state index >= 15 is 0 Å². The molecule has 24 heavy (non-hydrogen) atoms. The Morgan fingerprint density at radius 3 is 2.79 bits per heavy atom. The van der Waals surface area contributed by atoms with Gasteiger partial charge in [-0.25, -0.2) is 9.97 Å². The van der Waals surface area contributed by atoms with Crippen LogP contribution in [0.4, 0.5) is 5.95 Å². The van der Waals surface area contributed by atoms with E-state index in [9.17, 15) is 4.79 Å². The summed E-state index contributed by atoms with van der Waals surface area (Å²) in [5, 5.41) is 7.04. The van der Waals surface area contributed by atoms with Crippen LogP contribution in [-0.2, 0) is 0 Å². The molecule has 8 heteroatoms. The van der Waals surface area contributed by atoms with E-state index in [1.165, 1.54) is 0 Å². The zero-order chi connectivity index (χ0) is 16.4. The number of aromatic nitrogens is 4. The molecule has 0 unspecified atom stereocenters. The number of hydrogen-bond donors (Lipinski definition) is 1. The van der Waals surface area contributed by atoms with Crippen molar-refractivity contribution in [2.24, 2.45) is 0 Å². The molecule has 0 aromatic carbocycles. The van der Waals surface area contributed by atoms with Crippen molar-refractivity contribution < 1.29 is 9.32 Å². The third-order valence-corrected chi connectivity index (χ3v) is 3.74. The van der Waals surface area contributed by atoms with Gasteiger partial charge in [0.2, 0.25) is 5.95 Å². The van der Waals surface area contributed by atoms with Crippen LogP contribution in [0.15, 0.2) is 53.6 Å². The second-order valence-electron chi connectivity index (χ2n) is 5.44. The van der Waals surface area contributed by atoms with Gasteiger partial charge in [-0.3, -0.25) is 9.78 Å². The lowest BCUT2D eigenvalue weighted by atomic mass is 10.1. The quantitative estimate of drug-likeness (QED) is 0.776. The van der Waals surface area contributed by atoms with Crippen molar-refractivity contribution in [1.82, 2.24) is 25.0 Å². The molecule has 3 aromatic heterocycles. The Kier molecular flexibility index (Phi) is 3.62. The molecule has 1 N–H and O–H groups in total. The lowest BCUT2D eigenvalue weighted by molar-refractivity contribution is 0.0614. The molecule has 1 fully saturated rings. The van der Waals surface area contributed by atoms with Crippen LogP contribution in [-0.4, -0.2) is 50.0 Å². The molecule has 1 amide bonds. The molecule has 1 aliphatic rings. The predicted octanol–water partition coefficient (Wildman–Crippen LogP) is 1.46. The Morgan fingerprint density at radius 1 is 1.21 bits per heavy atom. The van der Waals surface area contributed by atoms with Crippen molar-refractivity contribution >= 4 is 11.9 Å². The van der Waals surface area contributed by atoms with Gasteiger partial charge in [0.05, 0.1) is 6.04 Å². The average Bonchev–Trinajstić information content (AvgIpc) is 3.09. The van der Waals surface area contributed by atoms with Crippen molar-refractivity contribution in [3.8, 4) is 11.3 Å². The Balaban J connectivity index is 1.37. The van der Waals surface area contributed by atoms with E-state index in [1.807, 2.05) is 6.07 Å². The van der Waals surface area contributed by atoms with Crippen LogP contribution in [0, 0.1) is 0 Å². The van der Waals surface area contributed by atoms with Crippen LogP contribution in [0.3, 0.4) is 0 Å². The summed E-state index contributed by atoms with van der Waals surface area (Å²) in [6.45, 7) is 1.15. The summed E-state index contributed by atoms with van der Waals surface area (Å²) >= 11 is 0. The van der Waals surface area contributed by atoms with Gasteiger partial charge in [0.15, 0.2) is 11.5 Å². The number of nitrogens with one attached hydrogen (secondary N) is 1. The van der Waals surface area contributed by atoms with Gasteiger partial charge in [-0.15, -0.1) is 0 Å². The molecule has 4 rings (SSSR count). The minimum absolute atomic E-state index is 0.140. The molecule has 1 aliphatic heterocycles. The maximum absolute atomic E-state index is 12.4. The summed E-state index contributed by atoms with van der Waals surface area (Å²) in [4.78, 5) is 26.3. The number of hydrogen-bond acceptors (Lipinski definition) is 7. The van der Waals surface area contributed by atoms with Crippen LogP contribution in [0.1, 0.15) is 10.5 Å². The third-order valence-electron chi connectivity index (χ3n) is 3.74. The number of amides is 1. The monoisotopic (exact) mass is 322 g/mol. The fourth-order valence-electron chi connectivity index (χ4n) is 2.47. The van der Waals surface area contributed by atoms with Gasteiger partial charge in [-0.05, 0) is 18.2 Å². The maximum Gasteiger partial charge on any atom is 0.276 e. The van der Waals surface area contributed by atoms with E-state index in [0.29, 0.717) is 30.5 Å². The predicted molar refractivity (Wildman–Crippen MR) is 85.1 cm³/mol. The molecule has 4 heterocycles. The highest BCUT2D eigenvalue weighted by molar-refractivity contribution is 5.93. The van der Waals surface area contributed by atoms with Crippen molar-refractivity contribution in [2.45, 2.75) is 6.04 Å². The number of carbonyl (C=O) groups is 1. The number of pyridine rings is 1. The number of nitrogens with zero attached hydrogens (tertiary/aromatic N) is 5. The first-order chi connectivity index (χ1) is 11.8. The Hall–Kier alpha value is -3.29.